The minimum Gasteiger partial charge on any atom is -0.492 e. The molecular weight excluding hydrogens is 455 g/mol. The number of sulfone groups is 1. The van der Waals surface area contributed by atoms with Crippen molar-refractivity contribution in [2.24, 2.45) is 5.73 Å². The summed E-state index contributed by atoms with van der Waals surface area (Å²) in [5, 5.41) is 5.07. The van der Waals surface area contributed by atoms with Crippen molar-refractivity contribution < 1.29 is 13.2 Å². The number of ether oxygens (including phenoxy) is 1. The number of nitrogens with zero attached hydrogens (tertiary/aromatic N) is 3. The van der Waals surface area contributed by atoms with Gasteiger partial charge in [0.1, 0.15) is 10.8 Å². The molecule has 0 atom stereocenters. The molecule has 11 heteroatoms. The van der Waals surface area contributed by atoms with Crippen LogP contribution in [-0.4, -0.2) is 35.9 Å². The van der Waals surface area contributed by atoms with E-state index in [0.29, 0.717) is 29.6 Å². The largest absolute Gasteiger partial charge is 0.492 e. The van der Waals surface area contributed by atoms with E-state index in [1.807, 2.05) is 20.8 Å². The smallest absolute Gasteiger partial charge is 0.213 e. The Labute approximate surface area is 185 Å². The summed E-state index contributed by atoms with van der Waals surface area (Å²) in [4.78, 5) is 4.63. The number of hydrogen-bond donors (Lipinski definition) is 1. The van der Waals surface area contributed by atoms with Crippen molar-refractivity contribution in [2.75, 3.05) is 12.9 Å². The van der Waals surface area contributed by atoms with Crippen molar-refractivity contribution in [2.45, 2.75) is 42.1 Å². The zero-order chi connectivity index (χ0) is 20.6. The Hall–Kier alpha value is -1.52. The predicted molar refractivity (Wildman–Crippen MR) is 117 cm³/mol. The molecule has 7 nitrogen and oxygen atoms in total. The Morgan fingerprint density at radius 1 is 1.31 bits per heavy atom. The maximum Gasteiger partial charge on any atom is 0.213 e. The van der Waals surface area contributed by atoms with E-state index < -0.39 is 9.84 Å². The first-order valence-electron chi connectivity index (χ1n) is 8.56. The molecule has 0 aliphatic carbocycles. The lowest BCUT2D eigenvalue weighted by Crippen LogP contribution is -2.10. The van der Waals surface area contributed by atoms with Crippen molar-refractivity contribution in [3.8, 4) is 5.75 Å². The number of halogens is 2. The third kappa shape index (κ3) is 4.06. The molecule has 0 aliphatic heterocycles. The Morgan fingerprint density at radius 2 is 2.00 bits per heavy atom. The van der Waals surface area contributed by atoms with E-state index in [4.69, 9.17) is 22.1 Å². The lowest BCUT2D eigenvalue weighted by atomic mass is 10.2. The quantitative estimate of drug-likeness (QED) is 0.539. The number of rotatable bonds is 6. The van der Waals surface area contributed by atoms with Gasteiger partial charge in [-0.05, 0) is 45.2 Å². The number of aromatic nitrogens is 3. The Morgan fingerprint density at radius 3 is 2.55 bits per heavy atom. The highest BCUT2D eigenvalue weighted by Crippen LogP contribution is 2.36. The van der Waals surface area contributed by atoms with Gasteiger partial charge in [-0.25, -0.2) is 17.9 Å². The van der Waals surface area contributed by atoms with Crippen LogP contribution in [0.3, 0.4) is 0 Å². The standard InChI is InChI=1S/C18H21ClN4O3S2.ClH/c1-5-26-15-7-6-12(8-14(15)19)28(24,25)16-17-21-10(2)13(9-20)11(3)23(17)22-18(16)27-4;/h6-8H,5,9,20H2,1-4H3;1H. The van der Waals surface area contributed by atoms with Gasteiger partial charge < -0.3 is 10.5 Å². The second-order valence-corrected chi connectivity index (χ2v) is 9.16. The van der Waals surface area contributed by atoms with E-state index in [2.05, 4.69) is 10.1 Å². The summed E-state index contributed by atoms with van der Waals surface area (Å²) < 4.78 is 33.9. The molecule has 2 N–H and O–H groups in total. The molecule has 1 aromatic carbocycles. The fourth-order valence-corrected chi connectivity index (χ4v) is 5.74. The van der Waals surface area contributed by atoms with Gasteiger partial charge in [0.05, 0.1) is 16.5 Å². The average molecular weight is 477 g/mol. The fourth-order valence-electron chi connectivity index (χ4n) is 3.03. The van der Waals surface area contributed by atoms with Gasteiger partial charge in [0, 0.05) is 23.5 Å². The van der Waals surface area contributed by atoms with Crippen molar-refractivity contribution in [3.63, 3.8) is 0 Å². The van der Waals surface area contributed by atoms with E-state index in [1.54, 1.807) is 16.8 Å². The van der Waals surface area contributed by atoms with Crippen molar-refractivity contribution in [3.05, 3.63) is 40.2 Å². The van der Waals surface area contributed by atoms with Gasteiger partial charge >= 0.3 is 0 Å². The number of nitrogens with two attached hydrogens (primary N) is 1. The van der Waals surface area contributed by atoms with Crippen LogP contribution in [0.25, 0.3) is 5.65 Å². The Kier molecular flexibility index (Phi) is 7.45. The van der Waals surface area contributed by atoms with Gasteiger partial charge in [-0.1, -0.05) is 11.6 Å². The van der Waals surface area contributed by atoms with E-state index in [-0.39, 0.29) is 32.9 Å². The number of hydrogen-bond acceptors (Lipinski definition) is 7. The monoisotopic (exact) mass is 476 g/mol. The maximum absolute atomic E-state index is 13.5. The first kappa shape index (κ1) is 23.8. The van der Waals surface area contributed by atoms with Crippen LogP contribution in [0, 0.1) is 13.8 Å². The van der Waals surface area contributed by atoms with Crippen LogP contribution in [0.1, 0.15) is 23.9 Å². The molecule has 3 aromatic rings. The SMILES string of the molecule is CCOc1ccc(S(=O)(=O)c2c(SC)nn3c(C)c(CN)c(C)nc23)cc1Cl.Cl. The summed E-state index contributed by atoms with van der Waals surface area (Å²) >= 11 is 7.46. The third-order valence-electron chi connectivity index (χ3n) is 4.43. The number of thioether (sulfide) groups is 1. The molecule has 0 aliphatic rings. The summed E-state index contributed by atoms with van der Waals surface area (Å²) in [5.41, 5.74) is 8.40. The highest BCUT2D eigenvalue weighted by molar-refractivity contribution is 7.99. The van der Waals surface area contributed by atoms with Crippen LogP contribution in [0.5, 0.6) is 5.75 Å². The van der Waals surface area contributed by atoms with Crippen LogP contribution >= 0.6 is 35.8 Å². The van der Waals surface area contributed by atoms with Crippen LogP contribution in [0.4, 0.5) is 0 Å². The van der Waals surface area contributed by atoms with Crippen LogP contribution in [-0.2, 0) is 16.4 Å². The summed E-state index contributed by atoms with van der Waals surface area (Å²) in [6.45, 7) is 6.22. The zero-order valence-electron chi connectivity index (χ0n) is 16.4. The molecule has 29 heavy (non-hydrogen) atoms. The lowest BCUT2D eigenvalue weighted by Gasteiger charge is -2.10. The lowest BCUT2D eigenvalue weighted by molar-refractivity contribution is 0.340. The van der Waals surface area contributed by atoms with E-state index >= 15 is 0 Å². The highest BCUT2D eigenvalue weighted by atomic mass is 35.5. The second-order valence-electron chi connectivity index (χ2n) is 6.07. The maximum atomic E-state index is 13.5. The molecule has 158 valence electrons. The average Bonchev–Trinajstić information content (AvgIpc) is 3.03. The third-order valence-corrected chi connectivity index (χ3v) is 7.32. The fraction of sp³-hybridized carbons (Fsp3) is 0.333. The van der Waals surface area contributed by atoms with Crippen LogP contribution < -0.4 is 10.5 Å². The van der Waals surface area contributed by atoms with Gasteiger partial charge in [0.2, 0.25) is 9.84 Å². The second kappa shape index (κ2) is 9.09. The Bertz CT molecular complexity index is 1160. The molecule has 0 saturated heterocycles. The molecule has 0 fully saturated rings. The molecule has 3 rings (SSSR count). The summed E-state index contributed by atoms with van der Waals surface area (Å²) in [6, 6.07) is 4.43. The summed E-state index contributed by atoms with van der Waals surface area (Å²) in [7, 11) is -3.91. The van der Waals surface area contributed by atoms with E-state index in [0.717, 1.165) is 11.3 Å². The van der Waals surface area contributed by atoms with Crippen LogP contribution in [0.15, 0.2) is 33.0 Å². The first-order chi connectivity index (χ1) is 13.3. The van der Waals surface area contributed by atoms with E-state index in [1.165, 1.54) is 23.9 Å². The minimum atomic E-state index is -3.91. The summed E-state index contributed by atoms with van der Waals surface area (Å²) in [6.07, 6.45) is 1.78. The molecule has 0 spiro atoms. The number of fused-ring (bicyclic) bond motifs is 1. The van der Waals surface area contributed by atoms with Gasteiger partial charge in [-0.3, -0.25) is 0 Å². The topological polar surface area (TPSA) is 99.6 Å². The summed E-state index contributed by atoms with van der Waals surface area (Å²) in [5.74, 6) is 0.436. The molecule has 0 amide bonds. The first-order valence-corrected chi connectivity index (χ1v) is 11.6. The highest BCUT2D eigenvalue weighted by Gasteiger charge is 2.30. The van der Waals surface area contributed by atoms with Gasteiger partial charge in [-0.2, -0.15) is 5.10 Å². The molecule has 0 bridgehead atoms. The van der Waals surface area contributed by atoms with Gasteiger partial charge in [0.15, 0.2) is 10.5 Å². The van der Waals surface area contributed by atoms with E-state index in [9.17, 15) is 8.42 Å². The molecule has 2 heterocycles. The van der Waals surface area contributed by atoms with Gasteiger partial charge in [-0.15, -0.1) is 24.2 Å². The zero-order valence-corrected chi connectivity index (χ0v) is 19.6. The molecule has 0 saturated carbocycles. The normalized spacial score (nSPS) is 11.5. The van der Waals surface area contributed by atoms with Gasteiger partial charge in [0.25, 0.3) is 0 Å². The minimum absolute atomic E-state index is 0. The molecule has 2 aromatic heterocycles. The molecule has 0 radical (unpaired) electrons. The van der Waals surface area contributed by atoms with Crippen molar-refractivity contribution in [1.29, 1.82) is 0 Å². The Balaban J connectivity index is 0.00000300. The van der Waals surface area contributed by atoms with Crippen molar-refractivity contribution in [1.82, 2.24) is 14.6 Å². The molecular formula is C18H22Cl2N4O3S2. The predicted octanol–water partition coefficient (Wildman–Crippen LogP) is 3.83. The van der Waals surface area contributed by atoms with Crippen LogP contribution in [0.2, 0.25) is 5.02 Å². The molecule has 0 unspecified atom stereocenters. The van der Waals surface area contributed by atoms with Crippen molar-refractivity contribution >= 4 is 51.3 Å². The number of aryl methyl sites for hydroxylation is 2. The number of benzene rings is 1.